The van der Waals surface area contributed by atoms with Crippen LogP contribution in [0.5, 0.6) is 11.5 Å². The molecule has 0 amide bonds. The Morgan fingerprint density at radius 1 is 1.29 bits per heavy atom. The Hall–Kier alpha value is -1.66. The molecule has 14 heavy (non-hydrogen) atoms. The van der Waals surface area contributed by atoms with Crippen molar-refractivity contribution in [3.05, 3.63) is 23.8 Å². The minimum Gasteiger partial charge on any atom is -0.493 e. The van der Waals surface area contributed by atoms with E-state index >= 15 is 0 Å². The molecule has 0 fully saturated rings. The lowest BCUT2D eigenvalue weighted by atomic mass is 10.1. The zero-order valence-corrected chi connectivity index (χ0v) is 8.28. The van der Waals surface area contributed by atoms with E-state index in [1.54, 1.807) is 26.4 Å². The molecule has 0 heterocycles. The van der Waals surface area contributed by atoms with E-state index in [2.05, 4.69) is 5.92 Å². The third-order valence-corrected chi connectivity index (χ3v) is 1.95. The van der Waals surface area contributed by atoms with Crippen molar-refractivity contribution in [2.45, 2.75) is 6.04 Å². The maximum absolute atomic E-state index is 5.68. The van der Waals surface area contributed by atoms with Crippen LogP contribution in [0, 0.1) is 12.3 Å². The molecular formula is C11H13NO2. The van der Waals surface area contributed by atoms with E-state index in [4.69, 9.17) is 21.6 Å². The Morgan fingerprint density at radius 2 is 1.93 bits per heavy atom. The van der Waals surface area contributed by atoms with Crippen molar-refractivity contribution in [2.24, 2.45) is 5.73 Å². The molecule has 74 valence electrons. The average molecular weight is 191 g/mol. The van der Waals surface area contributed by atoms with Gasteiger partial charge in [-0.1, -0.05) is 12.0 Å². The molecule has 1 unspecified atom stereocenters. The maximum Gasteiger partial charge on any atom is 0.161 e. The molecule has 3 nitrogen and oxygen atoms in total. The van der Waals surface area contributed by atoms with Gasteiger partial charge in [0.25, 0.3) is 0 Å². The predicted octanol–water partition coefficient (Wildman–Crippen LogP) is 1.34. The second-order valence-corrected chi connectivity index (χ2v) is 2.76. The highest BCUT2D eigenvalue weighted by molar-refractivity contribution is 5.44. The first-order valence-corrected chi connectivity index (χ1v) is 4.16. The van der Waals surface area contributed by atoms with Crippen molar-refractivity contribution in [3.8, 4) is 23.8 Å². The van der Waals surface area contributed by atoms with Crippen LogP contribution in [0.4, 0.5) is 0 Å². The molecule has 0 aromatic heterocycles. The van der Waals surface area contributed by atoms with Gasteiger partial charge in [0.2, 0.25) is 0 Å². The van der Waals surface area contributed by atoms with Gasteiger partial charge in [-0.15, -0.1) is 6.42 Å². The highest BCUT2D eigenvalue weighted by Gasteiger charge is 2.07. The predicted molar refractivity (Wildman–Crippen MR) is 55.3 cm³/mol. The SMILES string of the molecule is C#CC(N)c1ccc(OC)c(OC)c1. The fourth-order valence-electron chi connectivity index (χ4n) is 1.14. The molecule has 0 spiro atoms. The fraction of sp³-hybridized carbons (Fsp3) is 0.273. The number of ether oxygens (including phenoxy) is 2. The molecule has 1 aromatic carbocycles. The largest absolute Gasteiger partial charge is 0.493 e. The molecule has 0 aliphatic carbocycles. The van der Waals surface area contributed by atoms with Gasteiger partial charge < -0.3 is 15.2 Å². The fourth-order valence-corrected chi connectivity index (χ4v) is 1.14. The molecule has 2 N–H and O–H groups in total. The van der Waals surface area contributed by atoms with Crippen molar-refractivity contribution >= 4 is 0 Å². The lowest BCUT2D eigenvalue weighted by Crippen LogP contribution is -2.07. The van der Waals surface area contributed by atoms with Crippen LogP contribution in [0.3, 0.4) is 0 Å². The first kappa shape index (κ1) is 10.4. The van der Waals surface area contributed by atoms with Gasteiger partial charge in [-0.25, -0.2) is 0 Å². The number of benzene rings is 1. The number of rotatable bonds is 3. The van der Waals surface area contributed by atoms with E-state index in [0.717, 1.165) is 5.56 Å². The van der Waals surface area contributed by atoms with Crippen LogP contribution in [0.1, 0.15) is 11.6 Å². The lowest BCUT2D eigenvalue weighted by Gasteiger charge is -2.10. The Kier molecular flexibility index (Phi) is 3.38. The van der Waals surface area contributed by atoms with E-state index < -0.39 is 6.04 Å². The number of hydrogen-bond acceptors (Lipinski definition) is 3. The summed E-state index contributed by atoms with van der Waals surface area (Å²) in [6.45, 7) is 0. The van der Waals surface area contributed by atoms with Gasteiger partial charge in [-0.2, -0.15) is 0 Å². The second kappa shape index (κ2) is 4.54. The minimum absolute atomic E-state index is 0.408. The van der Waals surface area contributed by atoms with Crippen LogP contribution in [0.2, 0.25) is 0 Å². The zero-order valence-electron chi connectivity index (χ0n) is 8.28. The topological polar surface area (TPSA) is 44.5 Å². The Balaban J connectivity index is 3.08. The highest BCUT2D eigenvalue weighted by atomic mass is 16.5. The number of hydrogen-bond donors (Lipinski definition) is 1. The molecule has 0 aliphatic heterocycles. The maximum atomic E-state index is 5.68. The first-order chi connectivity index (χ1) is 6.72. The van der Waals surface area contributed by atoms with Gasteiger partial charge in [-0.05, 0) is 17.7 Å². The normalized spacial score (nSPS) is 11.6. The molecular weight excluding hydrogens is 178 g/mol. The average Bonchev–Trinajstić information content (AvgIpc) is 2.26. The van der Waals surface area contributed by atoms with E-state index in [1.165, 1.54) is 0 Å². The van der Waals surface area contributed by atoms with Crippen LogP contribution < -0.4 is 15.2 Å². The molecule has 0 radical (unpaired) electrons. The van der Waals surface area contributed by atoms with Crippen LogP contribution in [-0.2, 0) is 0 Å². The molecule has 1 atom stereocenters. The van der Waals surface area contributed by atoms with Gasteiger partial charge in [-0.3, -0.25) is 0 Å². The molecule has 1 rings (SSSR count). The molecule has 0 saturated carbocycles. The molecule has 0 aliphatic rings. The quantitative estimate of drug-likeness (QED) is 0.733. The van der Waals surface area contributed by atoms with Crippen molar-refractivity contribution in [3.63, 3.8) is 0 Å². The molecule has 1 aromatic rings. The van der Waals surface area contributed by atoms with E-state index in [0.29, 0.717) is 11.5 Å². The second-order valence-electron chi connectivity index (χ2n) is 2.76. The highest BCUT2D eigenvalue weighted by Crippen LogP contribution is 2.29. The Morgan fingerprint density at radius 3 is 2.43 bits per heavy atom. The summed E-state index contributed by atoms with van der Waals surface area (Å²) >= 11 is 0. The van der Waals surface area contributed by atoms with E-state index in [1.807, 2.05) is 6.07 Å². The van der Waals surface area contributed by atoms with Crippen LogP contribution in [0.25, 0.3) is 0 Å². The third-order valence-electron chi connectivity index (χ3n) is 1.95. The van der Waals surface area contributed by atoms with Gasteiger partial charge >= 0.3 is 0 Å². The summed E-state index contributed by atoms with van der Waals surface area (Å²) in [6, 6.07) is 4.98. The summed E-state index contributed by atoms with van der Waals surface area (Å²) in [5.41, 5.74) is 6.52. The van der Waals surface area contributed by atoms with Crippen LogP contribution in [-0.4, -0.2) is 14.2 Å². The number of terminal acetylenes is 1. The first-order valence-electron chi connectivity index (χ1n) is 4.16. The van der Waals surface area contributed by atoms with E-state index in [-0.39, 0.29) is 0 Å². The standard InChI is InChI=1S/C11H13NO2/c1-4-9(12)8-5-6-10(13-2)11(7-8)14-3/h1,5-7,9H,12H2,2-3H3. The summed E-state index contributed by atoms with van der Waals surface area (Å²) in [6.07, 6.45) is 5.22. The Labute approximate surface area is 83.8 Å². The zero-order chi connectivity index (χ0) is 10.6. The molecule has 3 heteroatoms. The van der Waals surface area contributed by atoms with Crippen LogP contribution in [0.15, 0.2) is 18.2 Å². The Bertz CT molecular complexity index is 355. The summed E-state index contributed by atoms with van der Waals surface area (Å²) < 4.78 is 10.2. The molecule has 0 saturated heterocycles. The van der Waals surface area contributed by atoms with Gasteiger partial charge in [0, 0.05) is 0 Å². The summed E-state index contributed by atoms with van der Waals surface area (Å²) in [7, 11) is 3.15. The number of nitrogens with two attached hydrogens (primary N) is 1. The van der Waals surface area contributed by atoms with Crippen molar-refractivity contribution in [1.82, 2.24) is 0 Å². The van der Waals surface area contributed by atoms with Gasteiger partial charge in [0.15, 0.2) is 11.5 Å². The molecule has 0 bridgehead atoms. The van der Waals surface area contributed by atoms with Gasteiger partial charge in [0.1, 0.15) is 0 Å². The van der Waals surface area contributed by atoms with Gasteiger partial charge in [0.05, 0.1) is 20.3 Å². The summed E-state index contributed by atoms with van der Waals surface area (Å²) in [5, 5.41) is 0. The minimum atomic E-state index is -0.408. The third kappa shape index (κ3) is 1.98. The van der Waals surface area contributed by atoms with E-state index in [9.17, 15) is 0 Å². The van der Waals surface area contributed by atoms with Crippen molar-refractivity contribution in [1.29, 1.82) is 0 Å². The van der Waals surface area contributed by atoms with Crippen LogP contribution >= 0.6 is 0 Å². The van der Waals surface area contributed by atoms with Crippen molar-refractivity contribution < 1.29 is 9.47 Å². The smallest absolute Gasteiger partial charge is 0.161 e. The number of methoxy groups -OCH3 is 2. The lowest BCUT2D eigenvalue weighted by molar-refractivity contribution is 0.354. The summed E-state index contributed by atoms with van der Waals surface area (Å²) in [5.74, 6) is 3.75. The monoisotopic (exact) mass is 191 g/mol. The van der Waals surface area contributed by atoms with Crippen molar-refractivity contribution in [2.75, 3.05) is 14.2 Å². The summed E-state index contributed by atoms with van der Waals surface area (Å²) in [4.78, 5) is 0.